The second-order valence-electron chi connectivity index (χ2n) is 5.99. The lowest BCUT2D eigenvalue weighted by Crippen LogP contribution is -2.37. The van der Waals surface area contributed by atoms with Crippen LogP contribution in [0.4, 0.5) is 0 Å². The van der Waals surface area contributed by atoms with Crippen LogP contribution in [0.5, 0.6) is 11.5 Å². The molecule has 0 amide bonds. The van der Waals surface area contributed by atoms with Gasteiger partial charge in [-0.3, -0.25) is 9.20 Å². The molecule has 0 radical (unpaired) electrons. The van der Waals surface area contributed by atoms with Crippen LogP contribution in [-0.2, 0) is 16.1 Å². The summed E-state index contributed by atoms with van der Waals surface area (Å²) in [6.07, 6.45) is 0.861. The molecule has 0 unspecified atom stereocenters. The zero-order valence-electron chi connectivity index (χ0n) is 14.0. The Balaban J connectivity index is 1.46. The molecule has 0 saturated carbocycles. The SMILES string of the molecule is Cc1ccc2nc(COC(=O)[C@H]3COc4ccccc4O3)cc(=O)n2c1. The summed E-state index contributed by atoms with van der Waals surface area (Å²) in [6, 6.07) is 12.1. The third kappa shape index (κ3) is 3.11. The molecular weight excluding hydrogens is 336 g/mol. The smallest absolute Gasteiger partial charge is 0.351 e. The molecule has 0 fully saturated rings. The van der Waals surface area contributed by atoms with Crippen molar-refractivity contribution < 1.29 is 19.0 Å². The molecular formula is C19H16N2O5. The summed E-state index contributed by atoms with van der Waals surface area (Å²) in [7, 11) is 0. The molecule has 1 aliphatic heterocycles. The molecule has 3 heterocycles. The van der Waals surface area contributed by atoms with Crippen LogP contribution in [0, 0.1) is 6.92 Å². The number of para-hydroxylation sites is 2. The first-order valence-electron chi connectivity index (χ1n) is 8.14. The quantitative estimate of drug-likeness (QED) is 0.670. The molecule has 0 N–H and O–H groups in total. The normalized spacial score (nSPS) is 15.7. The highest BCUT2D eigenvalue weighted by Gasteiger charge is 2.28. The number of carbonyl (C=O) groups is 1. The fraction of sp³-hybridized carbons (Fsp3) is 0.211. The Morgan fingerprint density at radius 3 is 2.92 bits per heavy atom. The summed E-state index contributed by atoms with van der Waals surface area (Å²) in [5.41, 5.74) is 1.61. The summed E-state index contributed by atoms with van der Waals surface area (Å²) < 4.78 is 17.8. The van der Waals surface area contributed by atoms with Crippen molar-refractivity contribution in [2.24, 2.45) is 0 Å². The number of hydrogen-bond acceptors (Lipinski definition) is 6. The predicted octanol–water partition coefficient (Wildman–Crippen LogP) is 1.89. The number of rotatable bonds is 3. The zero-order chi connectivity index (χ0) is 18.1. The van der Waals surface area contributed by atoms with Gasteiger partial charge in [0.1, 0.15) is 18.9 Å². The Hall–Kier alpha value is -3.35. The van der Waals surface area contributed by atoms with E-state index in [1.807, 2.05) is 19.1 Å². The van der Waals surface area contributed by atoms with E-state index in [0.29, 0.717) is 22.8 Å². The van der Waals surface area contributed by atoms with Crippen molar-refractivity contribution in [2.45, 2.75) is 19.6 Å². The van der Waals surface area contributed by atoms with Gasteiger partial charge in [0.05, 0.1) is 5.69 Å². The number of aryl methyl sites for hydroxylation is 1. The van der Waals surface area contributed by atoms with Gasteiger partial charge in [-0.25, -0.2) is 9.78 Å². The lowest BCUT2D eigenvalue weighted by Gasteiger charge is -2.24. The number of carbonyl (C=O) groups excluding carboxylic acids is 1. The standard InChI is InChI=1S/C19H16N2O5/c1-12-6-7-17-20-13(8-18(22)21(17)9-12)10-25-19(23)16-11-24-14-4-2-3-5-15(14)26-16/h2-9,16H,10-11H2,1H3/t16-/m1/s1. The number of hydrogen-bond donors (Lipinski definition) is 0. The van der Waals surface area contributed by atoms with E-state index in [1.165, 1.54) is 10.5 Å². The minimum atomic E-state index is -0.853. The molecule has 0 saturated heterocycles. The number of pyridine rings is 1. The van der Waals surface area contributed by atoms with Crippen molar-refractivity contribution >= 4 is 11.6 Å². The molecule has 0 aliphatic carbocycles. The molecule has 0 spiro atoms. The zero-order valence-corrected chi connectivity index (χ0v) is 14.0. The Kier molecular flexibility index (Phi) is 4.04. The van der Waals surface area contributed by atoms with Gasteiger partial charge in [0.2, 0.25) is 6.10 Å². The Bertz CT molecular complexity index is 1040. The average molecular weight is 352 g/mol. The fourth-order valence-electron chi connectivity index (χ4n) is 2.71. The van der Waals surface area contributed by atoms with Crippen LogP contribution in [0.2, 0.25) is 0 Å². The maximum Gasteiger partial charge on any atom is 0.351 e. The monoisotopic (exact) mass is 352 g/mol. The Morgan fingerprint density at radius 2 is 2.08 bits per heavy atom. The van der Waals surface area contributed by atoms with Gasteiger partial charge >= 0.3 is 5.97 Å². The van der Waals surface area contributed by atoms with Crippen LogP contribution in [0.1, 0.15) is 11.3 Å². The van der Waals surface area contributed by atoms with Gasteiger partial charge in [-0.15, -0.1) is 0 Å². The van der Waals surface area contributed by atoms with Crippen LogP contribution < -0.4 is 15.0 Å². The van der Waals surface area contributed by atoms with E-state index in [2.05, 4.69) is 4.98 Å². The highest BCUT2D eigenvalue weighted by Crippen LogP contribution is 2.31. The minimum absolute atomic E-state index is 0.0724. The van der Waals surface area contributed by atoms with Crippen molar-refractivity contribution in [3.05, 3.63) is 70.3 Å². The maximum absolute atomic E-state index is 12.2. The van der Waals surface area contributed by atoms with Crippen LogP contribution in [0.15, 0.2) is 53.5 Å². The molecule has 0 bridgehead atoms. The molecule has 1 aliphatic rings. The van der Waals surface area contributed by atoms with E-state index in [4.69, 9.17) is 14.2 Å². The van der Waals surface area contributed by atoms with Gasteiger partial charge in [-0.1, -0.05) is 18.2 Å². The molecule has 3 aromatic rings. The average Bonchev–Trinajstić information content (AvgIpc) is 2.66. The highest BCUT2D eigenvalue weighted by atomic mass is 16.6. The Morgan fingerprint density at radius 1 is 1.27 bits per heavy atom. The molecule has 1 atom stereocenters. The largest absolute Gasteiger partial charge is 0.485 e. The van der Waals surface area contributed by atoms with E-state index >= 15 is 0 Å². The van der Waals surface area contributed by atoms with Crippen LogP contribution >= 0.6 is 0 Å². The summed E-state index contributed by atoms with van der Waals surface area (Å²) in [5.74, 6) is 0.527. The summed E-state index contributed by atoms with van der Waals surface area (Å²) >= 11 is 0. The summed E-state index contributed by atoms with van der Waals surface area (Å²) in [6.45, 7) is 1.86. The summed E-state index contributed by atoms with van der Waals surface area (Å²) in [5, 5.41) is 0. The lowest BCUT2D eigenvalue weighted by atomic mass is 10.2. The maximum atomic E-state index is 12.2. The van der Waals surface area contributed by atoms with Gasteiger partial charge in [-0.2, -0.15) is 0 Å². The second-order valence-corrected chi connectivity index (χ2v) is 5.99. The van der Waals surface area contributed by atoms with E-state index in [9.17, 15) is 9.59 Å². The van der Waals surface area contributed by atoms with Crippen molar-refractivity contribution in [3.8, 4) is 11.5 Å². The summed E-state index contributed by atoms with van der Waals surface area (Å²) in [4.78, 5) is 28.8. The Labute approximate surface area is 148 Å². The molecule has 26 heavy (non-hydrogen) atoms. The highest BCUT2D eigenvalue weighted by molar-refractivity contribution is 5.76. The van der Waals surface area contributed by atoms with Gasteiger partial charge in [0, 0.05) is 12.3 Å². The molecule has 1 aromatic carbocycles. The third-order valence-corrected chi connectivity index (χ3v) is 3.99. The van der Waals surface area contributed by atoms with Crippen molar-refractivity contribution in [2.75, 3.05) is 6.61 Å². The molecule has 7 heteroatoms. The number of ether oxygens (including phenoxy) is 3. The second kappa shape index (κ2) is 6.51. The lowest BCUT2D eigenvalue weighted by molar-refractivity contribution is -0.156. The first kappa shape index (κ1) is 16.1. The molecule has 2 aromatic heterocycles. The van der Waals surface area contributed by atoms with Gasteiger partial charge < -0.3 is 14.2 Å². The fourth-order valence-corrected chi connectivity index (χ4v) is 2.71. The van der Waals surface area contributed by atoms with E-state index in [1.54, 1.807) is 30.5 Å². The third-order valence-electron chi connectivity index (χ3n) is 3.99. The minimum Gasteiger partial charge on any atom is -0.485 e. The van der Waals surface area contributed by atoms with Crippen molar-refractivity contribution in [3.63, 3.8) is 0 Å². The van der Waals surface area contributed by atoms with E-state index < -0.39 is 12.1 Å². The number of aromatic nitrogens is 2. The number of esters is 1. The molecule has 7 nitrogen and oxygen atoms in total. The van der Waals surface area contributed by atoms with Crippen molar-refractivity contribution in [1.29, 1.82) is 0 Å². The van der Waals surface area contributed by atoms with E-state index in [-0.39, 0.29) is 18.8 Å². The van der Waals surface area contributed by atoms with E-state index in [0.717, 1.165) is 5.56 Å². The van der Waals surface area contributed by atoms with Crippen LogP contribution in [0.3, 0.4) is 0 Å². The van der Waals surface area contributed by atoms with Gasteiger partial charge in [0.15, 0.2) is 11.5 Å². The topological polar surface area (TPSA) is 79.1 Å². The number of benzene rings is 1. The number of nitrogens with zero attached hydrogens (tertiary/aromatic N) is 2. The van der Waals surface area contributed by atoms with Gasteiger partial charge in [-0.05, 0) is 30.7 Å². The van der Waals surface area contributed by atoms with Crippen LogP contribution in [0.25, 0.3) is 5.65 Å². The molecule has 4 rings (SSSR count). The number of fused-ring (bicyclic) bond motifs is 2. The molecule has 132 valence electrons. The van der Waals surface area contributed by atoms with Crippen LogP contribution in [-0.4, -0.2) is 28.1 Å². The first-order valence-corrected chi connectivity index (χ1v) is 8.14. The predicted molar refractivity (Wildman–Crippen MR) is 92.3 cm³/mol. The van der Waals surface area contributed by atoms with Gasteiger partial charge in [0.25, 0.3) is 5.56 Å². The first-order chi connectivity index (χ1) is 12.6. The van der Waals surface area contributed by atoms with Crippen molar-refractivity contribution in [1.82, 2.24) is 9.38 Å².